The van der Waals surface area contributed by atoms with Gasteiger partial charge >= 0.3 is 0 Å². The number of aliphatic hydroxyl groups excluding tert-OH is 1. The van der Waals surface area contributed by atoms with Gasteiger partial charge in [0.15, 0.2) is 0 Å². The first-order valence-electron chi connectivity index (χ1n) is 4.82. The molecule has 1 aromatic heterocycles. The van der Waals surface area contributed by atoms with Gasteiger partial charge in [0.1, 0.15) is 22.9 Å². The molecule has 0 fully saturated rings. The predicted octanol–water partition coefficient (Wildman–Crippen LogP) is 3.09. The molecular formula is C12H8ClF2NO. The molecule has 0 spiro atoms. The van der Waals surface area contributed by atoms with Gasteiger partial charge in [-0.1, -0.05) is 17.7 Å². The average molecular weight is 256 g/mol. The summed E-state index contributed by atoms with van der Waals surface area (Å²) in [5, 5.41) is 10.1. The molecule has 0 aliphatic carbocycles. The predicted molar refractivity (Wildman–Crippen MR) is 59.7 cm³/mol. The fourth-order valence-corrected chi connectivity index (χ4v) is 1.67. The topological polar surface area (TPSA) is 33.1 Å². The van der Waals surface area contributed by atoms with Crippen LogP contribution in [0.25, 0.3) is 0 Å². The van der Waals surface area contributed by atoms with Crippen LogP contribution in [0, 0.1) is 11.6 Å². The molecule has 2 rings (SSSR count). The number of aromatic nitrogens is 1. The van der Waals surface area contributed by atoms with Gasteiger partial charge in [-0.3, -0.25) is 0 Å². The van der Waals surface area contributed by atoms with Crippen molar-refractivity contribution in [3.05, 3.63) is 64.4 Å². The summed E-state index contributed by atoms with van der Waals surface area (Å²) >= 11 is 5.67. The summed E-state index contributed by atoms with van der Waals surface area (Å²) < 4.78 is 26.2. The highest BCUT2D eigenvalue weighted by molar-refractivity contribution is 6.29. The van der Waals surface area contributed by atoms with E-state index in [1.54, 1.807) is 0 Å². The monoisotopic (exact) mass is 255 g/mol. The van der Waals surface area contributed by atoms with E-state index >= 15 is 0 Å². The Kier molecular flexibility index (Phi) is 3.36. The fraction of sp³-hybridized carbons (Fsp3) is 0.0833. The van der Waals surface area contributed by atoms with E-state index in [-0.39, 0.29) is 10.7 Å². The van der Waals surface area contributed by atoms with Crippen molar-refractivity contribution < 1.29 is 13.9 Å². The van der Waals surface area contributed by atoms with Gasteiger partial charge < -0.3 is 5.11 Å². The second-order valence-corrected chi connectivity index (χ2v) is 3.87. The van der Waals surface area contributed by atoms with E-state index in [0.29, 0.717) is 5.56 Å². The molecule has 0 radical (unpaired) electrons. The van der Waals surface area contributed by atoms with Crippen LogP contribution in [0.2, 0.25) is 5.15 Å². The quantitative estimate of drug-likeness (QED) is 0.837. The maximum absolute atomic E-state index is 13.4. The molecule has 88 valence electrons. The molecule has 1 atom stereocenters. The van der Waals surface area contributed by atoms with Gasteiger partial charge in [-0.2, -0.15) is 0 Å². The van der Waals surface area contributed by atoms with E-state index in [9.17, 15) is 13.9 Å². The van der Waals surface area contributed by atoms with Crippen molar-refractivity contribution in [3.8, 4) is 0 Å². The third-order valence-electron chi connectivity index (χ3n) is 2.32. The minimum Gasteiger partial charge on any atom is -0.384 e. The molecule has 0 saturated heterocycles. The second kappa shape index (κ2) is 4.77. The number of hydrogen-bond acceptors (Lipinski definition) is 2. The van der Waals surface area contributed by atoms with Crippen LogP contribution in [0.5, 0.6) is 0 Å². The SMILES string of the molecule is OC(c1ccnc(Cl)c1)c1ccc(F)cc1F. The van der Waals surface area contributed by atoms with Gasteiger partial charge in [0.25, 0.3) is 0 Å². The first-order valence-corrected chi connectivity index (χ1v) is 5.20. The lowest BCUT2D eigenvalue weighted by Gasteiger charge is -2.12. The van der Waals surface area contributed by atoms with Crippen LogP contribution in [0.15, 0.2) is 36.5 Å². The summed E-state index contributed by atoms with van der Waals surface area (Å²) in [5.74, 6) is -1.49. The highest BCUT2D eigenvalue weighted by atomic mass is 35.5. The van der Waals surface area contributed by atoms with Crippen molar-refractivity contribution in [1.82, 2.24) is 4.98 Å². The molecule has 5 heteroatoms. The Labute approximate surface area is 102 Å². The molecule has 0 aliphatic heterocycles. The number of aliphatic hydroxyl groups is 1. The normalized spacial score (nSPS) is 12.5. The third kappa shape index (κ3) is 2.60. The Hall–Kier alpha value is -1.52. The first kappa shape index (κ1) is 12.0. The van der Waals surface area contributed by atoms with Crippen molar-refractivity contribution in [3.63, 3.8) is 0 Å². The van der Waals surface area contributed by atoms with Crippen molar-refractivity contribution in [2.24, 2.45) is 0 Å². The van der Waals surface area contributed by atoms with E-state index < -0.39 is 17.7 Å². The van der Waals surface area contributed by atoms with Gasteiger partial charge in [0.2, 0.25) is 0 Å². The van der Waals surface area contributed by atoms with Gasteiger partial charge in [0.05, 0.1) is 0 Å². The lowest BCUT2D eigenvalue weighted by molar-refractivity contribution is 0.214. The zero-order valence-electron chi connectivity index (χ0n) is 8.57. The number of halogens is 3. The van der Waals surface area contributed by atoms with Crippen LogP contribution in [0.4, 0.5) is 8.78 Å². The van der Waals surface area contributed by atoms with Gasteiger partial charge in [0, 0.05) is 17.8 Å². The summed E-state index contributed by atoms with van der Waals surface area (Å²) in [6, 6.07) is 5.95. The number of rotatable bonds is 2. The summed E-state index contributed by atoms with van der Waals surface area (Å²) in [7, 11) is 0. The standard InChI is InChI=1S/C12H8ClF2NO/c13-11-5-7(3-4-16-11)12(17)9-2-1-8(14)6-10(9)15/h1-6,12,17H. The van der Waals surface area contributed by atoms with Gasteiger partial charge in [-0.05, 0) is 23.8 Å². The van der Waals surface area contributed by atoms with Crippen LogP contribution in [0.1, 0.15) is 17.2 Å². The molecule has 17 heavy (non-hydrogen) atoms. The van der Waals surface area contributed by atoms with Crippen LogP contribution in [0.3, 0.4) is 0 Å². The second-order valence-electron chi connectivity index (χ2n) is 3.48. The summed E-state index contributed by atoms with van der Waals surface area (Å²) in [4.78, 5) is 3.75. The molecule has 0 aliphatic rings. The molecule has 1 N–H and O–H groups in total. The molecule has 1 aromatic carbocycles. The zero-order chi connectivity index (χ0) is 12.4. The van der Waals surface area contributed by atoms with E-state index in [2.05, 4.69) is 4.98 Å². The first-order chi connectivity index (χ1) is 8.08. The maximum Gasteiger partial charge on any atom is 0.132 e. The number of nitrogens with zero attached hydrogens (tertiary/aromatic N) is 1. The Morgan fingerprint density at radius 2 is 1.94 bits per heavy atom. The van der Waals surface area contributed by atoms with Crippen LogP contribution >= 0.6 is 11.6 Å². The van der Waals surface area contributed by atoms with E-state index in [1.165, 1.54) is 24.4 Å². The molecule has 0 saturated carbocycles. The largest absolute Gasteiger partial charge is 0.384 e. The van der Waals surface area contributed by atoms with E-state index in [4.69, 9.17) is 11.6 Å². The third-order valence-corrected chi connectivity index (χ3v) is 2.53. The van der Waals surface area contributed by atoms with Crippen LogP contribution in [-0.2, 0) is 0 Å². The molecule has 2 aromatic rings. The molecule has 2 nitrogen and oxygen atoms in total. The summed E-state index contributed by atoms with van der Waals surface area (Å²) in [6.45, 7) is 0. The molecule has 0 amide bonds. The molecular weight excluding hydrogens is 248 g/mol. The zero-order valence-corrected chi connectivity index (χ0v) is 9.33. The molecule has 1 heterocycles. The molecule has 0 bridgehead atoms. The Balaban J connectivity index is 2.40. The minimum absolute atomic E-state index is 0.00586. The van der Waals surface area contributed by atoms with Crippen LogP contribution in [-0.4, -0.2) is 10.1 Å². The number of hydrogen-bond donors (Lipinski definition) is 1. The smallest absolute Gasteiger partial charge is 0.132 e. The van der Waals surface area contributed by atoms with Crippen LogP contribution < -0.4 is 0 Å². The van der Waals surface area contributed by atoms with E-state index in [0.717, 1.165) is 12.1 Å². The fourth-order valence-electron chi connectivity index (χ4n) is 1.49. The van der Waals surface area contributed by atoms with Gasteiger partial charge in [-0.25, -0.2) is 13.8 Å². The minimum atomic E-state index is -1.20. The highest BCUT2D eigenvalue weighted by Crippen LogP contribution is 2.25. The number of benzene rings is 1. The Bertz CT molecular complexity index is 548. The number of pyridine rings is 1. The van der Waals surface area contributed by atoms with E-state index in [1.807, 2.05) is 0 Å². The maximum atomic E-state index is 13.4. The van der Waals surface area contributed by atoms with Crippen molar-refractivity contribution in [2.45, 2.75) is 6.10 Å². The van der Waals surface area contributed by atoms with Crippen molar-refractivity contribution in [2.75, 3.05) is 0 Å². The lowest BCUT2D eigenvalue weighted by Crippen LogP contribution is -2.03. The lowest BCUT2D eigenvalue weighted by atomic mass is 10.0. The highest BCUT2D eigenvalue weighted by Gasteiger charge is 2.15. The van der Waals surface area contributed by atoms with Crippen molar-refractivity contribution >= 4 is 11.6 Å². The average Bonchev–Trinajstić information content (AvgIpc) is 2.28. The Morgan fingerprint density at radius 1 is 1.18 bits per heavy atom. The molecule has 1 unspecified atom stereocenters. The summed E-state index contributed by atoms with van der Waals surface area (Å²) in [5.41, 5.74) is 0.393. The summed E-state index contributed by atoms with van der Waals surface area (Å²) in [6.07, 6.45) is 0.207. The Morgan fingerprint density at radius 3 is 2.59 bits per heavy atom. The van der Waals surface area contributed by atoms with Crippen molar-refractivity contribution in [1.29, 1.82) is 0 Å². The van der Waals surface area contributed by atoms with Gasteiger partial charge in [-0.15, -0.1) is 0 Å².